The Morgan fingerprint density at radius 1 is 1.20 bits per heavy atom. The van der Waals surface area contributed by atoms with Crippen molar-refractivity contribution in [2.75, 3.05) is 0 Å². The fourth-order valence-corrected chi connectivity index (χ4v) is 3.76. The smallest absolute Gasteiger partial charge is 0.427 e. The van der Waals surface area contributed by atoms with Crippen LogP contribution >= 0.6 is 23.4 Å². The van der Waals surface area contributed by atoms with Gasteiger partial charge in [-0.15, -0.1) is 11.6 Å². The molecule has 0 aromatic heterocycles. The molecule has 0 spiro atoms. The zero-order chi connectivity index (χ0) is 18.2. The van der Waals surface area contributed by atoms with E-state index in [2.05, 4.69) is 0 Å². The van der Waals surface area contributed by atoms with Gasteiger partial charge in [0.15, 0.2) is 4.87 Å². The number of carbonyl (C=O) groups is 1. The van der Waals surface area contributed by atoms with Gasteiger partial charge in [0, 0.05) is 16.2 Å². The molecule has 2 aromatic rings. The molecule has 2 aromatic carbocycles. The fraction of sp³-hybridized carbons (Fsp3) is 0.235. The third kappa shape index (κ3) is 3.57. The van der Waals surface area contributed by atoms with Gasteiger partial charge in [-0.05, 0) is 29.8 Å². The van der Waals surface area contributed by atoms with Crippen LogP contribution in [0.1, 0.15) is 5.56 Å². The summed E-state index contributed by atoms with van der Waals surface area (Å²) in [5.74, 6) is -1.76. The first-order valence-electron chi connectivity index (χ1n) is 7.21. The molecule has 1 aliphatic rings. The first-order chi connectivity index (χ1) is 11.7. The Kier molecular flexibility index (Phi) is 4.64. The first kappa shape index (κ1) is 17.9. The predicted octanol–water partition coefficient (Wildman–Crippen LogP) is 4.77. The number of carboxylic acid groups (broad SMARTS) is 1. The molecular formula is C17H12ClF3O3S. The molecule has 1 aliphatic heterocycles. The number of aliphatic carboxylic acids is 1. The van der Waals surface area contributed by atoms with Crippen LogP contribution in [0.2, 0.25) is 0 Å². The molecule has 0 saturated carbocycles. The topological polar surface area (TPSA) is 46.5 Å². The number of carboxylic acids is 1. The number of halogens is 4. The zero-order valence-corrected chi connectivity index (χ0v) is 14.2. The highest BCUT2D eigenvalue weighted by molar-refractivity contribution is 7.99. The number of ether oxygens (including phenoxy) is 1. The molecule has 132 valence electrons. The fourth-order valence-electron chi connectivity index (χ4n) is 2.58. The summed E-state index contributed by atoms with van der Waals surface area (Å²) in [6.45, 7) is 0. The van der Waals surface area contributed by atoms with Gasteiger partial charge in [0.2, 0.25) is 6.10 Å². The number of rotatable bonds is 3. The lowest BCUT2D eigenvalue weighted by atomic mass is 9.89. The summed E-state index contributed by atoms with van der Waals surface area (Å²) in [6, 6.07) is 14.0. The second-order valence-corrected chi connectivity index (χ2v) is 7.39. The Balaban J connectivity index is 1.94. The van der Waals surface area contributed by atoms with Gasteiger partial charge >= 0.3 is 12.1 Å². The largest absolute Gasteiger partial charge is 0.480 e. The Bertz CT molecular complexity index is 797. The van der Waals surface area contributed by atoms with Crippen molar-refractivity contribution in [3.05, 3.63) is 54.1 Å². The molecule has 8 heteroatoms. The van der Waals surface area contributed by atoms with Gasteiger partial charge in [-0.1, -0.05) is 36.0 Å². The average Bonchev–Trinajstić information content (AvgIpc) is 2.54. The summed E-state index contributed by atoms with van der Waals surface area (Å²) in [5, 5.41) is 9.19. The molecule has 1 N–H and O–H groups in total. The van der Waals surface area contributed by atoms with Gasteiger partial charge in [-0.3, -0.25) is 4.79 Å². The number of hydrogen-bond acceptors (Lipinski definition) is 3. The van der Waals surface area contributed by atoms with E-state index >= 15 is 0 Å². The van der Waals surface area contributed by atoms with Crippen LogP contribution in [0.5, 0.6) is 5.75 Å². The molecule has 25 heavy (non-hydrogen) atoms. The average molecular weight is 389 g/mol. The maximum Gasteiger partial charge on any atom is 0.427 e. The van der Waals surface area contributed by atoms with E-state index in [1.807, 2.05) is 30.3 Å². The molecule has 3 rings (SSSR count). The molecule has 0 amide bonds. The lowest BCUT2D eigenvalue weighted by molar-refractivity contribution is -0.212. The predicted molar refractivity (Wildman–Crippen MR) is 87.4 cm³/mol. The van der Waals surface area contributed by atoms with Crippen molar-refractivity contribution in [2.45, 2.75) is 33.4 Å². The van der Waals surface area contributed by atoms with E-state index in [1.54, 1.807) is 12.1 Å². The van der Waals surface area contributed by atoms with Crippen molar-refractivity contribution in [1.29, 1.82) is 0 Å². The van der Waals surface area contributed by atoms with Crippen LogP contribution in [0.3, 0.4) is 0 Å². The maximum atomic E-state index is 13.3. The van der Waals surface area contributed by atoms with Gasteiger partial charge in [-0.25, -0.2) is 0 Å². The first-order valence-corrected chi connectivity index (χ1v) is 8.41. The molecule has 1 heterocycles. The van der Waals surface area contributed by atoms with Crippen molar-refractivity contribution in [2.24, 2.45) is 0 Å². The van der Waals surface area contributed by atoms with Crippen molar-refractivity contribution < 1.29 is 27.8 Å². The number of benzene rings is 2. The molecule has 0 radical (unpaired) electrons. The third-order valence-corrected chi connectivity index (χ3v) is 5.27. The number of alkyl halides is 4. The molecule has 0 fully saturated rings. The molecule has 3 nitrogen and oxygen atoms in total. The second-order valence-electron chi connectivity index (χ2n) is 5.57. The van der Waals surface area contributed by atoms with Gasteiger partial charge in [0.1, 0.15) is 5.75 Å². The number of fused-ring (bicyclic) bond motifs is 1. The Labute approximate surface area is 150 Å². The van der Waals surface area contributed by atoms with E-state index in [-0.39, 0.29) is 5.75 Å². The van der Waals surface area contributed by atoms with Crippen molar-refractivity contribution in [3.8, 4) is 5.75 Å². The maximum absolute atomic E-state index is 13.3. The highest BCUT2D eigenvalue weighted by atomic mass is 35.5. The minimum absolute atomic E-state index is 0.000723. The normalized spacial score (nSPS) is 22.8. The van der Waals surface area contributed by atoms with Crippen LogP contribution < -0.4 is 4.74 Å². The van der Waals surface area contributed by atoms with Gasteiger partial charge in [0.05, 0.1) is 0 Å². The van der Waals surface area contributed by atoms with Crippen LogP contribution in [-0.2, 0) is 11.2 Å². The molecule has 2 unspecified atom stereocenters. The molecule has 2 atom stereocenters. The van der Waals surface area contributed by atoms with E-state index in [0.717, 1.165) is 4.90 Å². The molecule has 0 saturated heterocycles. The summed E-state index contributed by atoms with van der Waals surface area (Å²) in [6.07, 6.45) is -8.00. The van der Waals surface area contributed by atoms with E-state index < -0.39 is 29.5 Å². The summed E-state index contributed by atoms with van der Waals surface area (Å²) < 4.78 is 44.8. The summed E-state index contributed by atoms with van der Waals surface area (Å²) in [4.78, 5) is 10.4. The van der Waals surface area contributed by atoms with E-state index in [4.69, 9.17) is 16.3 Å². The van der Waals surface area contributed by atoms with E-state index in [1.165, 1.54) is 17.8 Å². The van der Waals surface area contributed by atoms with E-state index in [9.17, 15) is 23.1 Å². The van der Waals surface area contributed by atoms with Crippen LogP contribution in [0.4, 0.5) is 13.2 Å². The van der Waals surface area contributed by atoms with Gasteiger partial charge in [0.25, 0.3) is 0 Å². The summed E-state index contributed by atoms with van der Waals surface area (Å²) >= 11 is 7.17. The van der Waals surface area contributed by atoms with Crippen LogP contribution in [-0.4, -0.2) is 28.2 Å². The van der Waals surface area contributed by atoms with E-state index in [0.29, 0.717) is 10.5 Å². The molecule has 0 aliphatic carbocycles. The second kappa shape index (κ2) is 6.46. The Morgan fingerprint density at radius 2 is 1.88 bits per heavy atom. The SMILES string of the molecule is O=C(O)C1(Cl)Cc2ccc(Sc3ccccc3)cc2OC1C(F)(F)F. The lowest BCUT2D eigenvalue weighted by Crippen LogP contribution is -2.58. The Hall–Kier alpha value is -1.86. The quantitative estimate of drug-likeness (QED) is 0.770. The van der Waals surface area contributed by atoms with Gasteiger partial charge < -0.3 is 9.84 Å². The van der Waals surface area contributed by atoms with Crippen LogP contribution in [0.25, 0.3) is 0 Å². The summed E-state index contributed by atoms with van der Waals surface area (Å²) in [5.41, 5.74) is 0.329. The molecule has 0 bridgehead atoms. The van der Waals surface area contributed by atoms with Crippen molar-refractivity contribution in [1.82, 2.24) is 0 Å². The van der Waals surface area contributed by atoms with Crippen LogP contribution in [0, 0.1) is 0 Å². The standard InChI is InChI=1S/C17H12ClF3O3S/c18-16(15(22)23)9-10-6-7-12(25-11-4-2-1-3-5-11)8-13(10)24-14(16)17(19,20)21/h1-8,14H,9H2,(H,22,23). The third-order valence-electron chi connectivity index (χ3n) is 3.78. The minimum atomic E-state index is -4.90. The van der Waals surface area contributed by atoms with Crippen molar-refractivity contribution >= 4 is 29.3 Å². The molecular weight excluding hydrogens is 377 g/mol. The van der Waals surface area contributed by atoms with Gasteiger partial charge in [-0.2, -0.15) is 13.2 Å². The summed E-state index contributed by atoms with van der Waals surface area (Å²) in [7, 11) is 0. The van der Waals surface area contributed by atoms with Crippen LogP contribution in [0.15, 0.2) is 58.3 Å². The highest BCUT2D eigenvalue weighted by Gasteiger charge is 2.61. The lowest BCUT2D eigenvalue weighted by Gasteiger charge is -2.38. The van der Waals surface area contributed by atoms with Crippen molar-refractivity contribution in [3.63, 3.8) is 0 Å². The number of hydrogen-bond donors (Lipinski definition) is 1. The monoisotopic (exact) mass is 388 g/mol. The minimum Gasteiger partial charge on any atom is -0.480 e. The zero-order valence-electron chi connectivity index (χ0n) is 12.6. The Morgan fingerprint density at radius 3 is 2.48 bits per heavy atom. The highest BCUT2D eigenvalue weighted by Crippen LogP contribution is 2.45.